The Morgan fingerprint density at radius 3 is 2.29 bits per heavy atom. The van der Waals surface area contributed by atoms with Crippen molar-refractivity contribution in [2.45, 2.75) is 38.1 Å². The molecule has 0 aliphatic heterocycles. The number of urea groups is 1. The number of benzene rings is 1. The summed E-state index contributed by atoms with van der Waals surface area (Å²) in [6.07, 6.45) is 6.90. The number of nitrogens with one attached hydrogen (secondary N) is 4. The summed E-state index contributed by atoms with van der Waals surface area (Å²) in [6, 6.07) is 11.2. The van der Waals surface area contributed by atoms with Gasteiger partial charge in [-0.05, 0) is 49.2 Å². The van der Waals surface area contributed by atoms with E-state index in [1.165, 1.54) is 6.42 Å². The summed E-state index contributed by atoms with van der Waals surface area (Å²) in [5.74, 6) is -0.778. The van der Waals surface area contributed by atoms with Crippen LogP contribution in [0.25, 0.3) is 0 Å². The molecule has 4 N–H and O–H groups in total. The van der Waals surface area contributed by atoms with Crippen molar-refractivity contribution >= 4 is 23.5 Å². The van der Waals surface area contributed by atoms with Gasteiger partial charge in [-0.1, -0.05) is 25.3 Å². The minimum absolute atomic E-state index is 0.160. The van der Waals surface area contributed by atoms with Crippen LogP contribution in [-0.4, -0.2) is 28.9 Å². The third kappa shape index (κ3) is 5.54. The van der Waals surface area contributed by atoms with Gasteiger partial charge in [-0.2, -0.15) is 0 Å². The topological polar surface area (TPSA) is 112 Å². The molecule has 0 atom stereocenters. The molecule has 8 nitrogen and oxygen atoms in total. The summed E-state index contributed by atoms with van der Waals surface area (Å²) in [4.78, 5) is 40.1. The lowest BCUT2D eigenvalue weighted by atomic mass is 9.96. The van der Waals surface area contributed by atoms with Gasteiger partial charge in [-0.15, -0.1) is 0 Å². The van der Waals surface area contributed by atoms with Crippen molar-refractivity contribution in [2.24, 2.45) is 0 Å². The van der Waals surface area contributed by atoms with Crippen LogP contribution in [0.3, 0.4) is 0 Å². The zero-order chi connectivity index (χ0) is 19.8. The minimum atomic E-state index is -0.443. The van der Waals surface area contributed by atoms with Crippen molar-refractivity contribution in [1.82, 2.24) is 21.2 Å². The van der Waals surface area contributed by atoms with E-state index in [1.54, 1.807) is 48.7 Å². The first-order valence-electron chi connectivity index (χ1n) is 9.31. The van der Waals surface area contributed by atoms with Gasteiger partial charge in [0.15, 0.2) is 0 Å². The van der Waals surface area contributed by atoms with Gasteiger partial charge in [0.05, 0.1) is 0 Å². The minimum Gasteiger partial charge on any atom is -0.334 e. The van der Waals surface area contributed by atoms with E-state index in [0.29, 0.717) is 16.9 Å². The van der Waals surface area contributed by atoms with Crippen LogP contribution in [0, 0.1) is 0 Å². The van der Waals surface area contributed by atoms with Gasteiger partial charge in [0.2, 0.25) is 0 Å². The average molecular weight is 381 g/mol. The first-order valence-corrected chi connectivity index (χ1v) is 9.31. The summed E-state index contributed by atoms with van der Waals surface area (Å²) < 4.78 is 0. The summed E-state index contributed by atoms with van der Waals surface area (Å²) in [5.41, 5.74) is 5.94. The number of rotatable bonds is 4. The van der Waals surface area contributed by atoms with Gasteiger partial charge in [0.1, 0.15) is 5.69 Å². The van der Waals surface area contributed by atoms with Crippen LogP contribution in [0.15, 0.2) is 48.7 Å². The lowest BCUT2D eigenvalue weighted by Crippen LogP contribution is -2.50. The predicted octanol–water partition coefficient (Wildman–Crippen LogP) is 2.61. The van der Waals surface area contributed by atoms with Gasteiger partial charge in [0.25, 0.3) is 11.8 Å². The number of hydrogen-bond acceptors (Lipinski definition) is 4. The molecule has 0 saturated heterocycles. The van der Waals surface area contributed by atoms with E-state index in [-0.39, 0.29) is 11.9 Å². The van der Waals surface area contributed by atoms with Crippen LogP contribution >= 0.6 is 0 Å². The molecule has 0 radical (unpaired) electrons. The fourth-order valence-corrected chi connectivity index (χ4v) is 3.05. The molecular formula is C20H23N5O3. The molecule has 2 aromatic rings. The maximum Gasteiger partial charge on any atom is 0.333 e. The molecule has 146 valence electrons. The Bertz CT molecular complexity index is 817. The molecule has 1 aromatic carbocycles. The number of carbonyl (C=O) groups excluding carboxylic acids is 3. The highest BCUT2D eigenvalue weighted by molar-refractivity contribution is 6.03. The predicted molar refractivity (Wildman–Crippen MR) is 105 cm³/mol. The van der Waals surface area contributed by atoms with Crippen molar-refractivity contribution in [2.75, 3.05) is 5.32 Å². The second-order valence-corrected chi connectivity index (χ2v) is 6.63. The lowest BCUT2D eigenvalue weighted by molar-refractivity contribution is 0.0935. The zero-order valence-electron chi connectivity index (χ0n) is 15.4. The van der Waals surface area contributed by atoms with Crippen molar-refractivity contribution < 1.29 is 14.4 Å². The van der Waals surface area contributed by atoms with Crippen molar-refractivity contribution in [3.63, 3.8) is 0 Å². The van der Waals surface area contributed by atoms with E-state index in [4.69, 9.17) is 0 Å². The van der Waals surface area contributed by atoms with E-state index in [2.05, 4.69) is 26.5 Å². The summed E-state index contributed by atoms with van der Waals surface area (Å²) in [7, 11) is 0. The van der Waals surface area contributed by atoms with Gasteiger partial charge in [-0.3, -0.25) is 20.0 Å². The van der Waals surface area contributed by atoms with E-state index < -0.39 is 11.9 Å². The molecule has 1 heterocycles. The van der Waals surface area contributed by atoms with Crippen LogP contribution in [0.2, 0.25) is 0 Å². The standard InChI is InChI=1S/C20H23N5O3/c26-18(24-25-20(28)23-15-6-2-1-3-7-15)14-9-11-16(12-10-14)22-19(27)17-8-4-5-13-21-17/h4-5,8-13,15H,1-3,6-7H2,(H,22,27)(H,24,26)(H2,23,25,28). The maximum atomic E-state index is 12.1. The molecule has 3 rings (SSSR count). The van der Waals surface area contributed by atoms with Crippen molar-refractivity contribution in [1.29, 1.82) is 0 Å². The average Bonchev–Trinajstić information content (AvgIpc) is 2.74. The molecule has 1 fully saturated rings. The van der Waals surface area contributed by atoms with Gasteiger partial charge in [-0.25, -0.2) is 10.2 Å². The van der Waals surface area contributed by atoms with Gasteiger partial charge < -0.3 is 10.6 Å². The van der Waals surface area contributed by atoms with E-state index >= 15 is 0 Å². The molecule has 1 aromatic heterocycles. The number of nitrogens with zero attached hydrogens (tertiary/aromatic N) is 1. The SMILES string of the molecule is O=C(NNC(=O)c1ccc(NC(=O)c2ccccn2)cc1)NC1CCCCC1. The fourth-order valence-electron chi connectivity index (χ4n) is 3.05. The van der Waals surface area contributed by atoms with Crippen LogP contribution in [0.4, 0.5) is 10.5 Å². The second-order valence-electron chi connectivity index (χ2n) is 6.63. The van der Waals surface area contributed by atoms with Crippen LogP contribution < -0.4 is 21.5 Å². The Morgan fingerprint density at radius 1 is 0.857 bits per heavy atom. The quantitative estimate of drug-likeness (QED) is 0.610. The fraction of sp³-hybridized carbons (Fsp3) is 0.300. The highest BCUT2D eigenvalue weighted by Crippen LogP contribution is 2.17. The first kappa shape index (κ1) is 19.3. The third-order valence-electron chi connectivity index (χ3n) is 4.53. The molecular weight excluding hydrogens is 358 g/mol. The Balaban J connectivity index is 1.46. The summed E-state index contributed by atoms with van der Waals surface area (Å²) >= 11 is 0. The number of amides is 4. The number of aromatic nitrogens is 1. The number of pyridine rings is 1. The molecule has 8 heteroatoms. The second kappa shape index (κ2) is 9.50. The largest absolute Gasteiger partial charge is 0.334 e. The molecule has 1 saturated carbocycles. The van der Waals surface area contributed by atoms with Crippen LogP contribution in [0.5, 0.6) is 0 Å². The Labute approximate surface area is 163 Å². The molecule has 4 amide bonds. The molecule has 1 aliphatic rings. The highest BCUT2D eigenvalue weighted by atomic mass is 16.2. The monoisotopic (exact) mass is 381 g/mol. The van der Waals surface area contributed by atoms with Crippen molar-refractivity contribution in [3.8, 4) is 0 Å². The van der Waals surface area contributed by atoms with Crippen LogP contribution in [0.1, 0.15) is 53.0 Å². The maximum absolute atomic E-state index is 12.1. The lowest BCUT2D eigenvalue weighted by Gasteiger charge is -2.22. The van der Waals surface area contributed by atoms with E-state index in [9.17, 15) is 14.4 Å². The number of carbonyl (C=O) groups is 3. The van der Waals surface area contributed by atoms with Gasteiger partial charge in [0, 0.05) is 23.5 Å². The van der Waals surface area contributed by atoms with Crippen LogP contribution in [-0.2, 0) is 0 Å². The number of hydrogen-bond donors (Lipinski definition) is 4. The van der Waals surface area contributed by atoms with Gasteiger partial charge >= 0.3 is 6.03 Å². The molecule has 0 bridgehead atoms. The molecule has 0 unspecified atom stereocenters. The first-order chi connectivity index (χ1) is 13.6. The smallest absolute Gasteiger partial charge is 0.333 e. The Kier molecular flexibility index (Phi) is 6.56. The number of anilines is 1. The normalized spacial score (nSPS) is 14.0. The molecule has 1 aliphatic carbocycles. The van der Waals surface area contributed by atoms with E-state index in [0.717, 1.165) is 25.7 Å². The Morgan fingerprint density at radius 2 is 1.61 bits per heavy atom. The third-order valence-corrected chi connectivity index (χ3v) is 4.53. The summed E-state index contributed by atoms with van der Waals surface area (Å²) in [6.45, 7) is 0. The van der Waals surface area contributed by atoms with Crippen molar-refractivity contribution in [3.05, 3.63) is 59.9 Å². The molecule has 0 spiro atoms. The molecule has 28 heavy (non-hydrogen) atoms. The van der Waals surface area contributed by atoms with E-state index in [1.807, 2.05) is 0 Å². The number of hydrazine groups is 1. The summed E-state index contributed by atoms with van der Waals surface area (Å²) in [5, 5.41) is 5.56. The zero-order valence-corrected chi connectivity index (χ0v) is 15.4. The Hall–Kier alpha value is -3.42. The highest BCUT2D eigenvalue weighted by Gasteiger charge is 2.16.